The monoisotopic (exact) mass is 821 g/mol. The van der Waals surface area contributed by atoms with Crippen LogP contribution in [0.1, 0.15) is 206 Å². The smallest absolute Gasteiger partial charge is 0.326 e. The number of nitrogens with two attached hydrogens (primary N) is 1. The normalized spacial score (nSPS) is 13.4. The predicted octanol–water partition coefficient (Wildman–Crippen LogP) is 14.1. The first-order valence-corrected chi connectivity index (χ1v) is 23.9. The molecular weight excluding hydrogens is 733 g/mol. The molecule has 0 radical (unpaired) electrons. The Labute approximate surface area is 362 Å². The molecule has 4 N–H and O–H groups in total. The summed E-state index contributed by atoms with van der Waals surface area (Å²) in [6, 6.07) is -0.859. The van der Waals surface area contributed by atoms with E-state index in [2.05, 4.69) is 104 Å². The van der Waals surface area contributed by atoms with Crippen molar-refractivity contribution in [1.82, 2.24) is 5.32 Å². The number of carboxylic acids is 1. The molecule has 0 aliphatic rings. The van der Waals surface area contributed by atoms with Gasteiger partial charge in [-0.05, 0) is 115 Å². The molecule has 0 aromatic heterocycles. The second-order valence-electron chi connectivity index (χ2n) is 15.8. The van der Waals surface area contributed by atoms with Crippen molar-refractivity contribution in [2.45, 2.75) is 219 Å². The Kier molecular flexibility index (Phi) is 43.0. The molecule has 59 heavy (non-hydrogen) atoms. The van der Waals surface area contributed by atoms with Crippen molar-refractivity contribution in [3.8, 4) is 0 Å². The van der Waals surface area contributed by atoms with Gasteiger partial charge >= 0.3 is 11.9 Å². The molecule has 2 unspecified atom stereocenters. The number of nitrogens with one attached hydrogen (secondary N) is 1. The van der Waals surface area contributed by atoms with Gasteiger partial charge in [-0.15, -0.1) is 0 Å². The van der Waals surface area contributed by atoms with Gasteiger partial charge in [-0.1, -0.05) is 170 Å². The molecule has 0 saturated carbocycles. The molecular formula is C52H88N2O5. The van der Waals surface area contributed by atoms with Gasteiger partial charge in [0.2, 0.25) is 5.91 Å². The SMILES string of the molecule is CC/C=C\C/C=C\C/C=C\C/C=C\C/C=C\C/C=C\CCCCCCC(=O)OC(/C=C\CCCCCCCCC)CCCCCCCCC(=O)NC(CCCN)C(=O)O. The highest BCUT2D eigenvalue weighted by Gasteiger charge is 2.18. The standard InChI is InChI=1S/C52H88N2O5/c1-3-5-7-9-11-13-14-15-16-17-18-19-20-21-22-23-24-25-26-28-30-36-40-46-51(56)59-48(42-37-33-29-27-12-10-8-6-4-2)43-38-34-31-32-35-39-45-50(55)54-49(52(57)58)44-41-47-53/h5,7,11,13,15-16,18-19,21-22,24-25,37,42,48-49H,3-4,6,8-10,12,14,17,20,23,26-36,38-41,43-47,53H2,1-2H3,(H,54,55)(H,57,58)/b7-5-,13-11-,16-15-,19-18-,22-21-,25-24-,42-37-. The maximum Gasteiger partial charge on any atom is 0.326 e. The number of allylic oxidation sites excluding steroid dienone is 13. The Morgan fingerprint density at radius 3 is 1.51 bits per heavy atom. The molecule has 7 nitrogen and oxygen atoms in total. The number of ether oxygens (including phenoxy) is 1. The fraction of sp³-hybridized carbons (Fsp3) is 0.673. The van der Waals surface area contributed by atoms with E-state index in [1.54, 1.807) is 0 Å². The Hall–Kier alpha value is -3.45. The quantitative estimate of drug-likeness (QED) is 0.0321. The molecule has 1 amide bonds. The average Bonchev–Trinajstić information content (AvgIpc) is 3.22. The first-order valence-electron chi connectivity index (χ1n) is 23.9. The van der Waals surface area contributed by atoms with Crippen molar-refractivity contribution in [2.24, 2.45) is 5.73 Å². The summed E-state index contributed by atoms with van der Waals surface area (Å²) < 4.78 is 5.97. The molecule has 0 aromatic carbocycles. The van der Waals surface area contributed by atoms with E-state index in [4.69, 9.17) is 10.5 Å². The molecule has 0 spiro atoms. The third-order valence-corrected chi connectivity index (χ3v) is 10.2. The van der Waals surface area contributed by atoms with E-state index in [0.717, 1.165) is 122 Å². The number of carbonyl (C=O) groups is 3. The number of esters is 1. The lowest BCUT2D eigenvalue weighted by Crippen LogP contribution is -2.40. The minimum atomic E-state index is -1.01. The summed E-state index contributed by atoms with van der Waals surface area (Å²) in [5.41, 5.74) is 5.48. The van der Waals surface area contributed by atoms with Gasteiger partial charge in [-0.25, -0.2) is 4.79 Å². The highest BCUT2D eigenvalue weighted by molar-refractivity contribution is 5.83. The van der Waals surface area contributed by atoms with Crippen LogP contribution >= 0.6 is 0 Å². The minimum absolute atomic E-state index is 0.0843. The molecule has 0 bridgehead atoms. The van der Waals surface area contributed by atoms with E-state index in [-0.39, 0.29) is 18.0 Å². The van der Waals surface area contributed by atoms with Gasteiger partial charge in [0.25, 0.3) is 0 Å². The molecule has 2 atom stereocenters. The van der Waals surface area contributed by atoms with Gasteiger partial charge in [0, 0.05) is 12.8 Å². The van der Waals surface area contributed by atoms with Crippen LogP contribution in [0.3, 0.4) is 0 Å². The van der Waals surface area contributed by atoms with E-state index in [1.165, 1.54) is 44.9 Å². The molecule has 7 heteroatoms. The van der Waals surface area contributed by atoms with Crippen LogP contribution < -0.4 is 11.1 Å². The number of rotatable bonds is 42. The van der Waals surface area contributed by atoms with Gasteiger partial charge in [0.15, 0.2) is 0 Å². The zero-order valence-corrected chi connectivity index (χ0v) is 37.8. The van der Waals surface area contributed by atoms with Crippen molar-refractivity contribution in [2.75, 3.05) is 6.54 Å². The zero-order chi connectivity index (χ0) is 43.1. The maximum absolute atomic E-state index is 12.8. The summed E-state index contributed by atoms with van der Waals surface area (Å²) >= 11 is 0. The molecule has 0 aliphatic carbocycles. The Morgan fingerprint density at radius 2 is 0.983 bits per heavy atom. The zero-order valence-electron chi connectivity index (χ0n) is 37.8. The predicted molar refractivity (Wildman–Crippen MR) is 252 cm³/mol. The first kappa shape index (κ1) is 55.5. The molecule has 0 heterocycles. The third kappa shape index (κ3) is 42.5. The summed E-state index contributed by atoms with van der Waals surface area (Å²) in [6.45, 7) is 4.82. The largest absolute Gasteiger partial charge is 0.480 e. The fourth-order valence-corrected chi connectivity index (χ4v) is 6.60. The van der Waals surface area contributed by atoms with E-state index in [0.29, 0.717) is 32.2 Å². The van der Waals surface area contributed by atoms with Crippen LogP contribution in [0, 0.1) is 0 Å². The molecule has 0 saturated heterocycles. The summed E-state index contributed by atoms with van der Waals surface area (Å²) in [6.07, 6.45) is 60.8. The van der Waals surface area contributed by atoms with Crippen LogP contribution in [0.5, 0.6) is 0 Å². The highest BCUT2D eigenvalue weighted by atomic mass is 16.5. The highest BCUT2D eigenvalue weighted by Crippen LogP contribution is 2.16. The Bertz CT molecular complexity index is 1200. The number of aliphatic carboxylic acids is 1. The van der Waals surface area contributed by atoms with Crippen molar-refractivity contribution < 1.29 is 24.2 Å². The first-order chi connectivity index (χ1) is 28.9. The van der Waals surface area contributed by atoms with Crippen LogP contribution in [0.15, 0.2) is 85.1 Å². The van der Waals surface area contributed by atoms with Gasteiger partial charge in [-0.3, -0.25) is 9.59 Å². The second kappa shape index (κ2) is 45.6. The summed E-state index contributed by atoms with van der Waals surface area (Å²) in [5, 5.41) is 11.9. The van der Waals surface area contributed by atoms with Gasteiger partial charge in [0.1, 0.15) is 12.1 Å². The molecule has 0 aliphatic heterocycles. The van der Waals surface area contributed by atoms with E-state index in [9.17, 15) is 19.5 Å². The van der Waals surface area contributed by atoms with Crippen LogP contribution in [0.25, 0.3) is 0 Å². The summed E-state index contributed by atoms with van der Waals surface area (Å²) in [4.78, 5) is 36.3. The second-order valence-corrected chi connectivity index (χ2v) is 15.8. The lowest BCUT2D eigenvalue weighted by Gasteiger charge is -2.15. The summed E-state index contributed by atoms with van der Waals surface area (Å²) in [5.74, 6) is -1.30. The third-order valence-electron chi connectivity index (χ3n) is 10.2. The van der Waals surface area contributed by atoms with Crippen molar-refractivity contribution in [3.63, 3.8) is 0 Å². The maximum atomic E-state index is 12.8. The van der Waals surface area contributed by atoms with Crippen molar-refractivity contribution in [1.29, 1.82) is 0 Å². The van der Waals surface area contributed by atoms with Crippen LogP contribution in [-0.4, -0.2) is 41.6 Å². The molecule has 0 aromatic rings. The minimum Gasteiger partial charge on any atom is -0.480 e. The number of amides is 1. The Balaban J connectivity index is 4.28. The Morgan fingerprint density at radius 1 is 0.525 bits per heavy atom. The fourth-order valence-electron chi connectivity index (χ4n) is 6.60. The lowest BCUT2D eigenvalue weighted by molar-refractivity contribution is -0.147. The van der Waals surface area contributed by atoms with Gasteiger partial charge in [-0.2, -0.15) is 0 Å². The number of carbonyl (C=O) groups excluding carboxylic acids is 2. The van der Waals surface area contributed by atoms with Crippen molar-refractivity contribution in [3.05, 3.63) is 85.1 Å². The molecule has 336 valence electrons. The summed E-state index contributed by atoms with van der Waals surface area (Å²) in [7, 11) is 0. The molecule has 0 rings (SSSR count). The van der Waals surface area contributed by atoms with Crippen molar-refractivity contribution >= 4 is 17.8 Å². The van der Waals surface area contributed by atoms with Crippen LogP contribution in [0.2, 0.25) is 0 Å². The van der Waals surface area contributed by atoms with Crippen LogP contribution in [-0.2, 0) is 19.1 Å². The number of unbranched alkanes of at least 4 members (excludes halogenated alkanes) is 16. The molecule has 0 fully saturated rings. The average molecular weight is 821 g/mol. The number of carboxylic acid groups (broad SMARTS) is 1. The van der Waals surface area contributed by atoms with Crippen LogP contribution in [0.4, 0.5) is 0 Å². The lowest BCUT2D eigenvalue weighted by atomic mass is 10.0. The van der Waals surface area contributed by atoms with Gasteiger partial charge in [0.05, 0.1) is 0 Å². The number of hydrogen-bond donors (Lipinski definition) is 3. The van der Waals surface area contributed by atoms with E-state index >= 15 is 0 Å². The van der Waals surface area contributed by atoms with Gasteiger partial charge < -0.3 is 20.9 Å². The van der Waals surface area contributed by atoms with E-state index in [1.807, 2.05) is 0 Å². The number of hydrogen-bond acceptors (Lipinski definition) is 5. The topological polar surface area (TPSA) is 119 Å². The van der Waals surface area contributed by atoms with E-state index < -0.39 is 12.0 Å².